The van der Waals surface area contributed by atoms with Gasteiger partial charge < -0.3 is 37.6 Å². The zero-order valence-electron chi connectivity index (χ0n) is 25.5. The molecule has 0 bridgehead atoms. The van der Waals surface area contributed by atoms with Gasteiger partial charge in [0.25, 0.3) is 0 Å². The summed E-state index contributed by atoms with van der Waals surface area (Å²) in [5.41, 5.74) is 19.9. The fraction of sp³-hybridized carbons (Fsp3) is 0.438. The Kier molecular flexibility index (Phi) is 14.0. The Bertz CT molecular complexity index is 1350. The van der Waals surface area contributed by atoms with E-state index in [1.54, 1.807) is 6.20 Å². The molecule has 238 valence electrons. The molecule has 0 spiro atoms. The third kappa shape index (κ3) is 10.9. The largest absolute Gasteiger partial charge is 0.343 e. The second-order valence-electron chi connectivity index (χ2n) is 11.4. The van der Waals surface area contributed by atoms with Crippen LogP contribution in [0, 0.1) is 0 Å². The summed E-state index contributed by atoms with van der Waals surface area (Å²) in [5.74, 6) is -1.18. The predicted octanol–water partition coefficient (Wildman–Crippen LogP) is 1.18. The van der Waals surface area contributed by atoms with Crippen molar-refractivity contribution >= 4 is 46.9 Å². The van der Waals surface area contributed by atoms with E-state index < -0.39 is 29.9 Å². The highest BCUT2D eigenvalue weighted by molar-refractivity contribution is 7.80. The van der Waals surface area contributed by atoms with E-state index in [0.29, 0.717) is 48.9 Å². The minimum absolute atomic E-state index is 0.129. The molecular weight excluding hydrogens is 576 g/mol. The van der Waals surface area contributed by atoms with Crippen LogP contribution in [0.4, 0.5) is 5.69 Å². The number of pyridine rings is 1. The molecule has 0 saturated heterocycles. The standard InChI is InChI=1S/C32H46N8O3S/c1-40(18-15-33,19-16-34)17-7-12-28(38-30(41)26(35)22-44)32(43)39-29(14-13-23-8-3-2-4-9-23)31(42)37-25-20-24-10-5-6-11-27(24)36-21-25/h2-6,8-11,20-21,26,28-29H,7,12-19,22,33-35H2,1H3,(H3-,37,38,39,41,42,43,44)/p+1/t26-,28-,29+/m0/s1. The average Bonchev–Trinajstić information content (AvgIpc) is 3.02. The fourth-order valence-corrected chi connectivity index (χ4v) is 5.30. The van der Waals surface area contributed by atoms with Crippen LogP contribution in [0.3, 0.4) is 0 Å². The molecule has 0 radical (unpaired) electrons. The number of para-hydroxylation sites is 1. The van der Waals surface area contributed by atoms with Crippen molar-refractivity contribution in [3.05, 3.63) is 72.4 Å². The number of carbonyl (C=O) groups is 3. The molecule has 0 saturated carbocycles. The van der Waals surface area contributed by atoms with E-state index in [9.17, 15) is 14.4 Å². The fourth-order valence-electron chi connectivity index (χ4n) is 5.13. The average molecular weight is 624 g/mol. The molecule has 2 aromatic carbocycles. The van der Waals surface area contributed by atoms with Gasteiger partial charge in [-0.2, -0.15) is 12.6 Å². The summed E-state index contributed by atoms with van der Waals surface area (Å²) < 4.78 is 0.660. The first-order valence-electron chi connectivity index (χ1n) is 15.1. The number of nitrogens with two attached hydrogens (primary N) is 3. The molecule has 3 rings (SSSR count). The van der Waals surface area contributed by atoms with Gasteiger partial charge in [-0.15, -0.1) is 0 Å². The molecule has 9 N–H and O–H groups in total. The van der Waals surface area contributed by atoms with Crippen molar-refractivity contribution in [2.75, 3.05) is 50.8 Å². The van der Waals surface area contributed by atoms with Crippen molar-refractivity contribution in [2.24, 2.45) is 17.2 Å². The van der Waals surface area contributed by atoms with Gasteiger partial charge in [-0.25, -0.2) is 0 Å². The monoisotopic (exact) mass is 623 g/mol. The lowest BCUT2D eigenvalue weighted by Gasteiger charge is -2.34. The van der Waals surface area contributed by atoms with Crippen LogP contribution in [-0.2, 0) is 20.8 Å². The van der Waals surface area contributed by atoms with Crippen molar-refractivity contribution in [2.45, 2.75) is 43.8 Å². The second-order valence-corrected chi connectivity index (χ2v) is 11.7. The third-order valence-electron chi connectivity index (χ3n) is 7.75. The maximum absolute atomic E-state index is 13.7. The highest BCUT2D eigenvalue weighted by Gasteiger charge is 2.29. The first-order valence-corrected chi connectivity index (χ1v) is 15.7. The van der Waals surface area contributed by atoms with Crippen molar-refractivity contribution in [1.29, 1.82) is 0 Å². The third-order valence-corrected chi connectivity index (χ3v) is 8.14. The van der Waals surface area contributed by atoms with Gasteiger partial charge in [-0.1, -0.05) is 48.5 Å². The number of rotatable bonds is 18. The highest BCUT2D eigenvalue weighted by atomic mass is 32.1. The summed E-state index contributed by atoms with van der Waals surface area (Å²) >= 11 is 4.13. The number of nitrogens with zero attached hydrogens (tertiary/aromatic N) is 2. The van der Waals surface area contributed by atoms with Gasteiger partial charge in [0, 0.05) is 24.2 Å². The molecule has 0 aliphatic heterocycles. The molecule has 44 heavy (non-hydrogen) atoms. The minimum atomic E-state index is -0.896. The molecule has 12 heteroatoms. The number of benzene rings is 2. The Balaban J connectivity index is 1.78. The maximum atomic E-state index is 13.7. The number of quaternary nitrogens is 1. The van der Waals surface area contributed by atoms with E-state index in [1.807, 2.05) is 60.7 Å². The molecule has 1 heterocycles. The first-order chi connectivity index (χ1) is 21.2. The Morgan fingerprint density at radius 2 is 1.50 bits per heavy atom. The van der Waals surface area contributed by atoms with Crippen LogP contribution in [0.5, 0.6) is 0 Å². The maximum Gasteiger partial charge on any atom is 0.247 e. The SMILES string of the molecule is C[N+](CCN)(CCN)CCC[C@H](NC(=O)[C@@H](N)CS)C(=O)N[C@H](CCc1ccccc1)C(=O)Nc1cnc2ccccc2c1. The Labute approximate surface area is 265 Å². The summed E-state index contributed by atoms with van der Waals surface area (Å²) in [6.45, 7) is 3.24. The molecule has 11 nitrogen and oxygen atoms in total. The van der Waals surface area contributed by atoms with E-state index in [0.717, 1.165) is 36.1 Å². The Hall–Kier alpha value is -3.55. The van der Waals surface area contributed by atoms with Crippen LogP contribution < -0.4 is 33.2 Å². The molecule has 0 aliphatic carbocycles. The Morgan fingerprint density at radius 3 is 2.18 bits per heavy atom. The zero-order chi connectivity index (χ0) is 32.0. The summed E-state index contributed by atoms with van der Waals surface area (Å²) in [6.07, 6.45) is 3.47. The van der Waals surface area contributed by atoms with Gasteiger partial charge in [-0.3, -0.25) is 19.4 Å². The van der Waals surface area contributed by atoms with Gasteiger partial charge in [0.2, 0.25) is 17.7 Å². The molecule has 3 atom stereocenters. The van der Waals surface area contributed by atoms with Crippen LogP contribution in [-0.4, -0.2) is 90.8 Å². The zero-order valence-corrected chi connectivity index (χ0v) is 26.3. The number of anilines is 1. The second kappa shape index (κ2) is 17.7. The lowest BCUT2D eigenvalue weighted by molar-refractivity contribution is -0.907. The number of likely N-dealkylation sites (N-methyl/N-ethyl adjacent to an activating group) is 1. The van der Waals surface area contributed by atoms with Gasteiger partial charge in [0.1, 0.15) is 12.1 Å². The highest BCUT2D eigenvalue weighted by Crippen LogP contribution is 2.17. The molecular formula is C32H47N8O3S+. The molecule has 3 amide bonds. The number of hydrogen-bond acceptors (Lipinski definition) is 8. The lowest BCUT2D eigenvalue weighted by atomic mass is 10.0. The van der Waals surface area contributed by atoms with Gasteiger partial charge >= 0.3 is 0 Å². The van der Waals surface area contributed by atoms with Crippen molar-refractivity contribution in [3.8, 4) is 0 Å². The number of aryl methyl sites for hydroxylation is 1. The van der Waals surface area contributed by atoms with Crippen molar-refractivity contribution in [3.63, 3.8) is 0 Å². The minimum Gasteiger partial charge on any atom is -0.343 e. The quantitative estimate of drug-likeness (QED) is 0.0821. The first kappa shape index (κ1) is 34.9. The van der Waals surface area contributed by atoms with E-state index in [4.69, 9.17) is 17.2 Å². The summed E-state index contributed by atoms with van der Waals surface area (Å²) in [6, 6.07) is 16.6. The van der Waals surface area contributed by atoms with Gasteiger partial charge in [0.15, 0.2) is 0 Å². The Morgan fingerprint density at radius 1 is 0.864 bits per heavy atom. The van der Waals surface area contributed by atoms with Gasteiger partial charge in [-0.05, 0) is 43.4 Å². The number of hydrogen-bond donors (Lipinski definition) is 7. The summed E-state index contributed by atoms with van der Waals surface area (Å²) in [4.78, 5) is 44.5. The number of aromatic nitrogens is 1. The molecule has 0 fully saturated rings. The van der Waals surface area contributed by atoms with E-state index in [2.05, 4.69) is 40.6 Å². The number of thiol groups is 1. The topological polar surface area (TPSA) is 178 Å². The summed E-state index contributed by atoms with van der Waals surface area (Å²) in [5, 5.41) is 9.49. The van der Waals surface area contributed by atoms with Crippen LogP contribution >= 0.6 is 12.6 Å². The predicted molar refractivity (Wildman–Crippen MR) is 179 cm³/mol. The number of nitrogens with one attached hydrogen (secondary N) is 3. The van der Waals surface area contributed by atoms with Crippen LogP contribution in [0.15, 0.2) is 66.9 Å². The van der Waals surface area contributed by atoms with E-state index in [-0.39, 0.29) is 11.7 Å². The number of carbonyl (C=O) groups excluding carboxylic acids is 3. The molecule has 1 aromatic heterocycles. The van der Waals surface area contributed by atoms with E-state index >= 15 is 0 Å². The van der Waals surface area contributed by atoms with Crippen LogP contribution in [0.1, 0.15) is 24.8 Å². The number of amides is 3. The molecule has 0 unspecified atom stereocenters. The lowest BCUT2D eigenvalue weighted by Crippen LogP contribution is -2.56. The van der Waals surface area contributed by atoms with E-state index in [1.165, 1.54) is 0 Å². The normalized spacial score (nSPS) is 13.6. The van der Waals surface area contributed by atoms with Crippen LogP contribution in [0.25, 0.3) is 10.9 Å². The van der Waals surface area contributed by atoms with Crippen molar-refractivity contribution < 1.29 is 18.9 Å². The van der Waals surface area contributed by atoms with Crippen molar-refractivity contribution in [1.82, 2.24) is 15.6 Å². The molecule has 0 aliphatic rings. The van der Waals surface area contributed by atoms with Gasteiger partial charge in [0.05, 0.1) is 50.1 Å². The molecule has 3 aromatic rings. The van der Waals surface area contributed by atoms with Crippen LogP contribution in [0.2, 0.25) is 0 Å². The summed E-state index contributed by atoms with van der Waals surface area (Å²) in [7, 11) is 2.08. The smallest absolute Gasteiger partial charge is 0.247 e. The number of fused-ring (bicyclic) bond motifs is 1.